The first kappa shape index (κ1) is 9.20. The van der Waals surface area contributed by atoms with E-state index in [2.05, 4.69) is 6.58 Å². The number of hydrogen-bond acceptors (Lipinski definition) is 2. The zero-order valence-corrected chi connectivity index (χ0v) is 7.16. The number of carbonyl (C=O) groups is 1. The Bertz CT molecular complexity index is 194. The number of hydrogen-bond donors (Lipinski definition) is 0. The molecule has 0 aliphatic carbocycles. The molecule has 0 saturated heterocycles. The predicted octanol–water partition coefficient (Wildman–Crippen LogP) is 1.87. The Morgan fingerprint density at radius 2 is 2.50 bits per heavy atom. The van der Waals surface area contributed by atoms with Crippen LogP contribution in [0.2, 0.25) is 0 Å². The van der Waals surface area contributed by atoms with E-state index in [4.69, 9.17) is 4.74 Å². The average molecular weight is 166 g/mol. The van der Waals surface area contributed by atoms with Crippen molar-refractivity contribution in [1.82, 2.24) is 0 Å². The fourth-order valence-corrected chi connectivity index (χ4v) is 1.16. The van der Waals surface area contributed by atoms with Gasteiger partial charge in [-0.05, 0) is 12.8 Å². The van der Waals surface area contributed by atoms with Crippen LogP contribution in [-0.2, 0) is 9.53 Å². The van der Waals surface area contributed by atoms with Gasteiger partial charge in [-0.3, -0.25) is 4.79 Å². The van der Waals surface area contributed by atoms with Gasteiger partial charge in [-0.15, -0.1) is 6.58 Å². The number of Topliss-reactive ketones (excluding diaryl/α,β-unsaturated/α-hetero) is 1. The molecule has 12 heavy (non-hydrogen) atoms. The minimum absolute atomic E-state index is 0.194. The maximum atomic E-state index is 11.4. The highest BCUT2D eigenvalue weighted by molar-refractivity contribution is 5.83. The summed E-state index contributed by atoms with van der Waals surface area (Å²) in [5.74, 6) is 0.194. The molecule has 1 aliphatic heterocycles. The quantitative estimate of drug-likeness (QED) is 0.596. The van der Waals surface area contributed by atoms with Gasteiger partial charge in [0.1, 0.15) is 6.10 Å². The molecular weight excluding hydrogens is 152 g/mol. The second kappa shape index (κ2) is 4.88. The highest BCUT2D eigenvalue weighted by Gasteiger charge is 2.17. The van der Waals surface area contributed by atoms with Crippen molar-refractivity contribution < 1.29 is 9.53 Å². The second-order valence-corrected chi connectivity index (χ2v) is 2.82. The number of carbonyl (C=O) groups excluding carboxylic acids is 1. The molecule has 1 aliphatic rings. The third-order valence-electron chi connectivity index (χ3n) is 1.86. The summed E-state index contributed by atoms with van der Waals surface area (Å²) in [6.07, 6.45) is 7.55. The first-order valence-electron chi connectivity index (χ1n) is 4.25. The molecule has 0 aromatic carbocycles. The second-order valence-electron chi connectivity index (χ2n) is 2.82. The molecule has 0 bridgehead atoms. The summed E-state index contributed by atoms with van der Waals surface area (Å²) < 4.78 is 5.27. The van der Waals surface area contributed by atoms with Crippen LogP contribution in [0.4, 0.5) is 0 Å². The highest BCUT2D eigenvalue weighted by atomic mass is 16.5. The SMILES string of the molecule is C=CCCC(=O)[C@@H]1CC=CCO1. The summed E-state index contributed by atoms with van der Waals surface area (Å²) in [5, 5.41) is 0. The predicted molar refractivity (Wildman–Crippen MR) is 47.9 cm³/mol. The van der Waals surface area contributed by atoms with Crippen molar-refractivity contribution in [1.29, 1.82) is 0 Å². The molecule has 0 aromatic heterocycles. The fourth-order valence-electron chi connectivity index (χ4n) is 1.16. The van der Waals surface area contributed by atoms with Crippen LogP contribution in [0, 0.1) is 0 Å². The molecule has 2 heteroatoms. The summed E-state index contributed by atoms with van der Waals surface area (Å²) in [6, 6.07) is 0. The van der Waals surface area contributed by atoms with Crippen LogP contribution < -0.4 is 0 Å². The summed E-state index contributed by atoms with van der Waals surface area (Å²) in [4.78, 5) is 11.4. The molecular formula is C10H14O2. The first-order chi connectivity index (χ1) is 5.84. The molecule has 1 rings (SSSR count). The molecule has 0 saturated carbocycles. The maximum absolute atomic E-state index is 11.4. The van der Waals surface area contributed by atoms with Crippen molar-refractivity contribution in [3.63, 3.8) is 0 Å². The molecule has 1 heterocycles. The number of allylic oxidation sites excluding steroid dienone is 1. The van der Waals surface area contributed by atoms with Crippen LogP contribution >= 0.6 is 0 Å². The first-order valence-corrected chi connectivity index (χ1v) is 4.25. The van der Waals surface area contributed by atoms with Crippen LogP contribution in [0.5, 0.6) is 0 Å². The molecule has 0 radical (unpaired) electrons. The van der Waals surface area contributed by atoms with Crippen LogP contribution in [0.3, 0.4) is 0 Å². The Hall–Kier alpha value is -0.890. The van der Waals surface area contributed by atoms with E-state index in [-0.39, 0.29) is 11.9 Å². The Morgan fingerprint density at radius 1 is 1.67 bits per heavy atom. The van der Waals surface area contributed by atoms with Crippen molar-refractivity contribution >= 4 is 5.78 Å². The van der Waals surface area contributed by atoms with Gasteiger partial charge >= 0.3 is 0 Å². The minimum atomic E-state index is -0.199. The van der Waals surface area contributed by atoms with Gasteiger partial charge in [-0.1, -0.05) is 18.2 Å². The Kier molecular flexibility index (Phi) is 3.74. The molecule has 2 nitrogen and oxygen atoms in total. The van der Waals surface area contributed by atoms with Gasteiger partial charge in [0, 0.05) is 6.42 Å². The van der Waals surface area contributed by atoms with E-state index in [1.165, 1.54) is 0 Å². The standard InChI is InChI=1S/C10H14O2/c1-2-3-6-9(11)10-7-4-5-8-12-10/h2,4-5,10H,1,3,6-8H2/t10-/m0/s1. The molecule has 0 amide bonds. The van der Waals surface area contributed by atoms with Crippen molar-refractivity contribution in [2.75, 3.05) is 6.61 Å². The maximum Gasteiger partial charge on any atom is 0.162 e. The largest absolute Gasteiger partial charge is 0.366 e. The zero-order valence-electron chi connectivity index (χ0n) is 7.16. The van der Waals surface area contributed by atoms with Crippen LogP contribution in [0.1, 0.15) is 19.3 Å². The van der Waals surface area contributed by atoms with Gasteiger partial charge in [-0.2, -0.15) is 0 Å². The fraction of sp³-hybridized carbons (Fsp3) is 0.500. The highest BCUT2D eigenvalue weighted by Crippen LogP contribution is 2.10. The normalized spacial score (nSPS) is 22.2. The number of ketones is 1. The lowest BCUT2D eigenvalue weighted by molar-refractivity contribution is -0.130. The molecule has 0 aromatic rings. The molecule has 0 fully saturated rings. The zero-order chi connectivity index (χ0) is 8.81. The van der Waals surface area contributed by atoms with Gasteiger partial charge in [0.05, 0.1) is 6.61 Å². The van der Waals surface area contributed by atoms with E-state index in [1.54, 1.807) is 6.08 Å². The summed E-state index contributed by atoms with van der Waals surface area (Å²) >= 11 is 0. The van der Waals surface area contributed by atoms with E-state index in [9.17, 15) is 4.79 Å². The van der Waals surface area contributed by atoms with E-state index < -0.39 is 0 Å². The van der Waals surface area contributed by atoms with Crippen molar-refractivity contribution in [3.05, 3.63) is 24.8 Å². The Labute approximate surface area is 72.9 Å². The summed E-state index contributed by atoms with van der Waals surface area (Å²) in [7, 11) is 0. The van der Waals surface area contributed by atoms with Crippen molar-refractivity contribution in [3.8, 4) is 0 Å². The smallest absolute Gasteiger partial charge is 0.162 e. The minimum Gasteiger partial charge on any atom is -0.366 e. The molecule has 0 spiro atoms. The van der Waals surface area contributed by atoms with Crippen LogP contribution in [0.25, 0.3) is 0 Å². The van der Waals surface area contributed by atoms with Gasteiger partial charge in [0.2, 0.25) is 0 Å². The van der Waals surface area contributed by atoms with E-state index in [1.807, 2.05) is 12.2 Å². The topological polar surface area (TPSA) is 26.3 Å². The van der Waals surface area contributed by atoms with Crippen LogP contribution in [0.15, 0.2) is 24.8 Å². The monoisotopic (exact) mass is 166 g/mol. The van der Waals surface area contributed by atoms with E-state index in [0.29, 0.717) is 13.0 Å². The summed E-state index contributed by atoms with van der Waals surface area (Å²) in [6.45, 7) is 4.14. The molecule has 66 valence electrons. The lowest BCUT2D eigenvalue weighted by atomic mass is 10.1. The lowest BCUT2D eigenvalue weighted by Crippen LogP contribution is -2.25. The Balaban J connectivity index is 2.31. The molecule has 0 N–H and O–H groups in total. The third-order valence-corrected chi connectivity index (χ3v) is 1.86. The third kappa shape index (κ3) is 2.62. The summed E-state index contributed by atoms with van der Waals surface area (Å²) in [5.41, 5.74) is 0. The number of rotatable bonds is 4. The lowest BCUT2D eigenvalue weighted by Gasteiger charge is -2.16. The van der Waals surface area contributed by atoms with E-state index >= 15 is 0 Å². The van der Waals surface area contributed by atoms with Gasteiger partial charge in [0.15, 0.2) is 5.78 Å². The number of ether oxygens (including phenoxy) is 1. The van der Waals surface area contributed by atoms with Crippen molar-refractivity contribution in [2.45, 2.75) is 25.4 Å². The van der Waals surface area contributed by atoms with E-state index in [0.717, 1.165) is 12.8 Å². The average Bonchev–Trinajstić information content (AvgIpc) is 2.15. The van der Waals surface area contributed by atoms with Gasteiger partial charge in [0.25, 0.3) is 0 Å². The van der Waals surface area contributed by atoms with Gasteiger partial charge < -0.3 is 4.74 Å². The molecule has 0 unspecified atom stereocenters. The van der Waals surface area contributed by atoms with Gasteiger partial charge in [-0.25, -0.2) is 0 Å². The van der Waals surface area contributed by atoms with Crippen molar-refractivity contribution in [2.24, 2.45) is 0 Å². The van der Waals surface area contributed by atoms with Crippen LogP contribution in [-0.4, -0.2) is 18.5 Å². The molecule has 1 atom stereocenters. The Morgan fingerprint density at radius 3 is 3.08 bits per heavy atom.